The van der Waals surface area contributed by atoms with Gasteiger partial charge in [0.15, 0.2) is 0 Å². The van der Waals surface area contributed by atoms with Gasteiger partial charge in [0.2, 0.25) is 0 Å². The molecule has 0 saturated carbocycles. The Balaban J connectivity index is 2.37. The molecular formula is C12H10N2O4. The first-order chi connectivity index (χ1) is 8.56. The SMILES string of the molecule is O=C(O)Cc1ccc(-n2ccc(=O)[nH]c2=O)cc1. The van der Waals surface area contributed by atoms with E-state index in [9.17, 15) is 14.4 Å². The van der Waals surface area contributed by atoms with Crippen LogP contribution in [0, 0.1) is 0 Å². The van der Waals surface area contributed by atoms with Gasteiger partial charge in [-0.25, -0.2) is 4.79 Å². The standard InChI is InChI=1S/C12H10N2O4/c15-10-5-6-14(12(18)13-10)9-3-1-8(2-4-9)7-11(16)17/h1-6H,7H2,(H,16,17)(H,13,15,18). The van der Waals surface area contributed by atoms with E-state index in [-0.39, 0.29) is 6.42 Å². The monoisotopic (exact) mass is 246 g/mol. The van der Waals surface area contributed by atoms with Crippen molar-refractivity contribution in [2.75, 3.05) is 0 Å². The number of aromatic nitrogens is 2. The normalized spacial score (nSPS) is 10.2. The first kappa shape index (κ1) is 11.8. The minimum atomic E-state index is -0.913. The summed E-state index contributed by atoms with van der Waals surface area (Å²) in [5, 5.41) is 8.63. The summed E-state index contributed by atoms with van der Waals surface area (Å²) in [6.07, 6.45) is 1.30. The summed E-state index contributed by atoms with van der Waals surface area (Å²) in [6, 6.07) is 7.74. The maximum Gasteiger partial charge on any atom is 0.332 e. The molecule has 0 saturated heterocycles. The van der Waals surface area contributed by atoms with Crippen molar-refractivity contribution in [2.24, 2.45) is 0 Å². The van der Waals surface area contributed by atoms with Crippen LogP contribution in [-0.2, 0) is 11.2 Å². The summed E-state index contributed by atoms with van der Waals surface area (Å²) in [7, 11) is 0. The zero-order valence-electron chi connectivity index (χ0n) is 9.29. The molecule has 0 fully saturated rings. The molecule has 1 aromatic heterocycles. The number of hydrogen-bond acceptors (Lipinski definition) is 3. The number of nitrogens with one attached hydrogen (secondary N) is 1. The summed E-state index contributed by atoms with van der Waals surface area (Å²) >= 11 is 0. The molecule has 2 N–H and O–H groups in total. The lowest BCUT2D eigenvalue weighted by Gasteiger charge is -2.05. The molecule has 0 radical (unpaired) electrons. The second kappa shape index (κ2) is 4.70. The maximum absolute atomic E-state index is 11.5. The molecule has 0 amide bonds. The van der Waals surface area contributed by atoms with Crippen molar-refractivity contribution in [3.63, 3.8) is 0 Å². The molecule has 1 heterocycles. The van der Waals surface area contributed by atoms with Crippen LogP contribution in [0.25, 0.3) is 5.69 Å². The Kier molecular flexibility index (Phi) is 3.09. The molecule has 0 bridgehead atoms. The van der Waals surface area contributed by atoms with Crippen LogP contribution in [0.15, 0.2) is 46.1 Å². The largest absolute Gasteiger partial charge is 0.481 e. The molecule has 0 aliphatic heterocycles. The summed E-state index contributed by atoms with van der Waals surface area (Å²) in [4.78, 5) is 35.1. The predicted molar refractivity (Wildman–Crippen MR) is 64.0 cm³/mol. The zero-order chi connectivity index (χ0) is 13.1. The number of hydrogen-bond donors (Lipinski definition) is 2. The number of aliphatic carboxylic acids is 1. The van der Waals surface area contributed by atoms with Gasteiger partial charge in [0.1, 0.15) is 0 Å². The number of rotatable bonds is 3. The van der Waals surface area contributed by atoms with E-state index in [1.54, 1.807) is 24.3 Å². The van der Waals surface area contributed by atoms with Crippen LogP contribution in [-0.4, -0.2) is 20.6 Å². The van der Waals surface area contributed by atoms with Gasteiger partial charge in [-0.3, -0.25) is 19.1 Å². The van der Waals surface area contributed by atoms with Crippen molar-refractivity contribution in [2.45, 2.75) is 6.42 Å². The fraction of sp³-hybridized carbons (Fsp3) is 0.0833. The van der Waals surface area contributed by atoms with Crippen molar-refractivity contribution in [3.05, 3.63) is 62.9 Å². The van der Waals surface area contributed by atoms with Crippen LogP contribution in [0.2, 0.25) is 0 Å². The van der Waals surface area contributed by atoms with Gasteiger partial charge < -0.3 is 5.11 Å². The molecule has 0 aliphatic carbocycles. The topological polar surface area (TPSA) is 92.2 Å². The number of aromatic amines is 1. The van der Waals surface area contributed by atoms with Crippen LogP contribution < -0.4 is 11.2 Å². The van der Waals surface area contributed by atoms with Crippen molar-refractivity contribution < 1.29 is 9.90 Å². The van der Waals surface area contributed by atoms with Crippen LogP contribution in [0.5, 0.6) is 0 Å². The lowest BCUT2D eigenvalue weighted by atomic mass is 10.1. The molecule has 6 heteroatoms. The van der Waals surface area contributed by atoms with Gasteiger partial charge in [0, 0.05) is 12.3 Å². The van der Waals surface area contributed by atoms with Crippen LogP contribution >= 0.6 is 0 Å². The third kappa shape index (κ3) is 2.54. The van der Waals surface area contributed by atoms with Gasteiger partial charge in [0.05, 0.1) is 12.1 Å². The number of carbonyl (C=O) groups is 1. The Bertz CT molecular complexity index is 682. The quantitative estimate of drug-likeness (QED) is 0.806. The second-order valence-electron chi connectivity index (χ2n) is 3.72. The molecule has 0 spiro atoms. The second-order valence-corrected chi connectivity index (χ2v) is 3.72. The van der Waals surface area contributed by atoms with Crippen molar-refractivity contribution in [3.8, 4) is 5.69 Å². The van der Waals surface area contributed by atoms with Crippen LogP contribution in [0.4, 0.5) is 0 Å². The molecule has 0 unspecified atom stereocenters. The first-order valence-corrected chi connectivity index (χ1v) is 5.19. The van der Waals surface area contributed by atoms with Gasteiger partial charge in [-0.15, -0.1) is 0 Å². The Morgan fingerprint density at radius 2 is 1.83 bits per heavy atom. The summed E-state index contributed by atoms with van der Waals surface area (Å²) < 4.78 is 1.27. The number of H-pyrrole nitrogens is 1. The van der Waals surface area contributed by atoms with E-state index in [1.807, 2.05) is 0 Å². The molecule has 0 atom stereocenters. The molecule has 2 rings (SSSR count). The summed E-state index contributed by atoms with van der Waals surface area (Å²) in [5.74, 6) is -0.913. The molecular weight excluding hydrogens is 236 g/mol. The zero-order valence-corrected chi connectivity index (χ0v) is 9.29. The molecule has 0 aliphatic rings. The van der Waals surface area contributed by atoms with Gasteiger partial charge in [0.25, 0.3) is 5.56 Å². The van der Waals surface area contributed by atoms with E-state index in [4.69, 9.17) is 5.11 Å². The van der Waals surface area contributed by atoms with E-state index < -0.39 is 17.2 Å². The summed E-state index contributed by atoms with van der Waals surface area (Å²) in [6.45, 7) is 0. The Labute approximate surface area is 101 Å². The third-order valence-electron chi connectivity index (χ3n) is 2.39. The fourth-order valence-corrected chi connectivity index (χ4v) is 1.57. The molecule has 6 nitrogen and oxygen atoms in total. The Morgan fingerprint density at radius 3 is 2.39 bits per heavy atom. The number of nitrogens with zero attached hydrogens (tertiary/aromatic N) is 1. The lowest BCUT2D eigenvalue weighted by Crippen LogP contribution is -2.27. The van der Waals surface area contributed by atoms with E-state index in [1.165, 1.54) is 16.8 Å². The van der Waals surface area contributed by atoms with Gasteiger partial charge in [-0.05, 0) is 17.7 Å². The smallest absolute Gasteiger partial charge is 0.332 e. The number of carboxylic acid groups (broad SMARTS) is 1. The highest BCUT2D eigenvalue weighted by Gasteiger charge is 2.02. The maximum atomic E-state index is 11.5. The van der Waals surface area contributed by atoms with Crippen molar-refractivity contribution in [1.29, 1.82) is 0 Å². The van der Waals surface area contributed by atoms with E-state index in [0.29, 0.717) is 11.3 Å². The van der Waals surface area contributed by atoms with E-state index in [2.05, 4.69) is 4.98 Å². The van der Waals surface area contributed by atoms with Gasteiger partial charge in [-0.1, -0.05) is 12.1 Å². The minimum absolute atomic E-state index is 0.0686. The highest BCUT2D eigenvalue weighted by atomic mass is 16.4. The molecule has 2 aromatic rings. The average Bonchev–Trinajstić information content (AvgIpc) is 2.30. The van der Waals surface area contributed by atoms with E-state index >= 15 is 0 Å². The predicted octanol–water partition coefficient (Wildman–Crippen LogP) is 0.153. The number of benzene rings is 1. The highest BCUT2D eigenvalue weighted by Crippen LogP contribution is 2.07. The van der Waals surface area contributed by atoms with Crippen LogP contribution in [0.3, 0.4) is 0 Å². The fourth-order valence-electron chi connectivity index (χ4n) is 1.57. The lowest BCUT2D eigenvalue weighted by molar-refractivity contribution is -0.136. The van der Waals surface area contributed by atoms with Gasteiger partial charge >= 0.3 is 11.7 Å². The molecule has 1 aromatic carbocycles. The Hall–Kier alpha value is -2.63. The number of carboxylic acids is 1. The molecule has 92 valence electrons. The highest BCUT2D eigenvalue weighted by molar-refractivity contribution is 5.70. The van der Waals surface area contributed by atoms with E-state index in [0.717, 1.165) is 0 Å². The van der Waals surface area contributed by atoms with Gasteiger partial charge in [-0.2, -0.15) is 0 Å². The Morgan fingerprint density at radius 1 is 1.17 bits per heavy atom. The van der Waals surface area contributed by atoms with Crippen molar-refractivity contribution >= 4 is 5.97 Å². The first-order valence-electron chi connectivity index (χ1n) is 5.19. The van der Waals surface area contributed by atoms with Crippen LogP contribution in [0.1, 0.15) is 5.56 Å². The minimum Gasteiger partial charge on any atom is -0.481 e. The van der Waals surface area contributed by atoms with Crippen molar-refractivity contribution in [1.82, 2.24) is 9.55 Å². The average molecular weight is 246 g/mol. The third-order valence-corrected chi connectivity index (χ3v) is 2.39. The molecule has 18 heavy (non-hydrogen) atoms. The summed E-state index contributed by atoms with van der Waals surface area (Å²) in [5.41, 5.74) is 0.210.